The van der Waals surface area contributed by atoms with Gasteiger partial charge in [0.05, 0.1) is 11.7 Å². The third-order valence-corrected chi connectivity index (χ3v) is 3.09. The third-order valence-electron chi connectivity index (χ3n) is 3.09. The number of hydrogen-bond acceptors (Lipinski definition) is 3. The molecule has 1 rings (SSSR count). The molecule has 0 radical (unpaired) electrons. The van der Waals surface area contributed by atoms with Gasteiger partial charge in [0.1, 0.15) is 0 Å². The summed E-state index contributed by atoms with van der Waals surface area (Å²) in [6.07, 6.45) is 4.64. The molecule has 0 saturated heterocycles. The van der Waals surface area contributed by atoms with Crippen LogP contribution in [0.15, 0.2) is 0 Å². The minimum Gasteiger partial charge on any atom is -0.379 e. The van der Waals surface area contributed by atoms with Gasteiger partial charge >= 0.3 is 0 Å². The van der Waals surface area contributed by atoms with E-state index >= 15 is 0 Å². The molecule has 14 heavy (non-hydrogen) atoms. The first-order valence-corrected chi connectivity index (χ1v) is 5.47. The molecule has 1 aliphatic carbocycles. The van der Waals surface area contributed by atoms with Gasteiger partial charge in [0.2, 0.25) is 0 Å². The number of hydrogen-bond donors (Lipinski definition) is 1. The molecule has 3 heteroatoms. The number of ether oxygens (including phenoxy) is 2. The molecule has 2 unspecified atom stereocenters. The molecule has 0 aromatic carbocycles. The van der Waals surface area contributed by atoms with Crippen LogP contribution in [0.3, 0.4) is 0 Å². The molecule has 0 aromatic rings. The number of nitrogens with two attached hydrogens (primary N) is 1. The second-order valence-corrected chi connectivity index (χ2v) is 4.72. The fraction of sp³-hybridized carbons (Fsp3) is 1.00. The summed E-state index contributed by atoms with van der Waals surface area (Å²) in [6.45, 7) is 4.90. The summed E-state index contributed by atoms with van der Waals surface area (Å²) < 4.78 is 11.1. The predicted octanol–water partition coefficient (Wildman–Crippen LogP) is 1.70. The largest absolute Gasteiger partial charge is 0.379 e. The van der Waals surface area contributed by atoms with Gasteiger partial charge in [-0.1, -0.05) is 0 Å². The Morgan fingerprint density at radius 1 is 1.36 bits per heavy atom. The number of methoxy groups -OCH3 is 1. The summed E-state index contributed by atoms with van der Waals surface area (Å²) in [5.74, 6) is 0. The molecule has 0 aromatic heterocycles. The Balaban J connectivity index is 2.15. The molecule has 3 nitrogen and oxygen atoms in total. The summed E-state index contributed by atoms with van der Waals surface area (Å²) in [5, 5.41) is 0. The Kier molecular flexibility index (Phi) is 4.35. The summed E-state index contributed by atoms with van der Waals surface area (Å²) >= 11 is 0. The highest BCUT2D eigenvalue weighted by Crippen LogP contribution is 2.21. The maximum absolute atomic E-state index is 5.91. The van der Waals surface area contributed by atoms with E-state index in [1.165, 1.54) is 6.42 Å². The SMILES string of the molecule is COC(C)(C)CCOC1CCCC1N. The van der Waals surface area contributed by atoms with Crippen LogP contribution < -0.4 is 5.73 Å². The van der Waals surface area contributed by atoms with Gasteiger partial charge in [0, 0.05) is 19.8 Å². The van der Waals surface area contributed by atoms with Gasteiger partial charge in [-0.05, 0) is 39.5 Å². The first-order chi connectivity index (χ1) is 6.55. The van der Waals surface area contributed by atoms with Crippen molar-refractivity contribution in [2.24, 2.45) is 5.73 Å². The zero-order valence-corrected chi connectivity index (χ0v) is 9.58. The zero-order chi connectivity index (χ0) is 10.6. The van der Waals surface area contributed by atoms with Crippen molar-refractivity contribution < 1.29 is 9.47 Å². The molecule has 1 saturated carbocycles. The first-order valence-electron chi connectivity index (χ1n) is 5.47. The van der Waals surface area contributed by atoms with E-state index in [-0.39, 0.29) is 17.7 Å². The lowest BCUT2D eigenvalue weighted by atomic mass is 10.1. The maximum Gasteiger partial charge on any atom is 0.0725 e. The molecule has 1 aliphatic rings. The van der Waals surface area contributed by atoms with E-state index in [1.807, 2.05) is 0 Å². The fourth-order valence-electron chi connectivity index (χ4n) is 1.72. The van der Waals surface area contributed by atoms with E-state index in [9.17, 15) is 0 Å². The predicted molar refractivity (Wildman–Crippen MR) is 57.3 cm³/mol. The van der Waals surface area contributed by atoms with Gasteiger partial charge in [-0.25, -0.2) is 0 Å². The highest BCUT2D eigenvalue weighted by molar-refractivity contribution is 4.81. The van der Waals surface area contributed by atoms with Gasteiger partial charge in [-0.2, -0.15) is 0 Å². The summed E-state index contributed by atoms with van der Waals surface area (Å²) in [6, 6.07) is 0.251. The lowest BCUT2D eigenvalue weighted by Crippen LogP contribution is -2.33. The molecule has 0 spiro atoms. The Labute approximate surface area is 86.9 Å². The summed E-state index contributed by atoms with van der Waals surface area (Å²) in [5.41, 5.74) is 5.82. The molecule has 2 N–H and O–H groups in total. The molecule has 0 heterocycles. The van der Waals surface area contributed by atoms with Crippen LogP contribution in [0.25, 0.3) is 0 Å². The minimum atomic E-state index is -0.0807. The summed E-state index contributed by atoms with van der Waals surface area (Å²) in [4.78, 5) is 0. The van der Waals surface area contributed by atoms with Crippen LogP contribution in [0, 0.1) is 0 Å². The van der Waals surface area contributed by atoms with Gasteiger partial charge < -0.3 is 15.2 Å². The zero-order valence-electron chi connectivity index (χ0n) is 9.58. The highest BCUT2D eigenvalue weighted by Gasteiger charge is 2.25. The Bertz CT molecular complexity index is 171. The minimum absolute atomic E-state index is 0.0807. The van der Waals surface area contributed by atoms with E-state index in [1.54, 1.807) is 7.11 Å². The Morgan fingerprint density at radius 3 is 2.57 bits per heavy atom. The lowest BCUT2D eigenvalue weighted by Gasteiger charge is -2.24. The van der Waals surface area contributed by atoms with Crippen molar-refractivity contribution in [3.05, 3.63) is 0 Å². The van der Waals surface area contributed by atoms with Crippen molar-refractivity contribution in [2.45, 2.75) is 57.3 Å². The van der Waals surface area contributed by atoms with E-state index < -0.39 is 0 Å². The van der Waals surface area contributed by atoms with E-state index in [0.717, 1.165) is 25.9 Å². The van der Waals surface area contributed by atoms with Crippen molar-refractivity contribution in [1.29, 1.82) is 0 Å². The van der Waals surface area contributed by atoms with Crippen LogP contribution >= 0.6 is 0 Å². The van der Waals surface area contributed by atoms with Crippen molar-refractivity contribution >= 4 is 0 Å². The van der Waals surface area contributed by atoms with Crippen molar-refractivity contribution in [1.82, 2.24) is 0 Å². The number of rotatable bonds is 5. The average Bonchev–Trinajstić information content (AvgIpc) is 2.52. The van der Waals surface area contributed by atoms with E-state index in [4.69, 9.17) is 15.2 Å². The molecular formula is C11H23NO2. The van der Waals surface area contributed by atoms with Crippen LogP contribution in [0.4, 0.5) is 0 Å². The summed E-state index contributed by atoms with van der Waals surface area (Å²) in [7, 11) is 1.74. The van der Waals surface area contributed by atoms with E-state index in [2.05, 4.69) is 13.8 Å². The topological polar surface area (TPSA) is 44.5 Å². The Hall–Kier alpha value is -0.120. The average molecular weight is 201 g/mol. The van der Waals surface area contributed by atoms with Gasteiger partial charge in [0.15, 0.2) is 0 Å². The monoisotopic (exact) mass is 201 g/mol. The Morgan fingerprint density at radius 2 is 2.07 bits per heavy atom. The molecule has 0 aliphatic heterocycles. The lowest BCUT2D eigenvalue weighted by molar-refractivity contribution is -0.0280. The quantitative estimate of drug-likeness (QED) is 0.736. The van der Waals surface area contributed by atoms with Gasteiger partial charge in [-0.3, -0.25) is 0 Å². The van der Waals surface area contributed by atoms with Crippen LogP contribution in [-0.4, -0.2) is 31.5 Å². The standard InChI is InChI=1S/C11H23NO2/c1-11(2,13-3)7-8-14-10-6-4-5-9(10)12/h9-10H,4-8,12H2,1-3H3. The van der Waals surface area contributed by atoms with Crippen LogP contribution in [0.5, 0.6) is 0 Å². The fourth-order valence-corrected chi connectivity index (χ4v) is 1.72. The molecule has 84 valence electrons. The molecular weight excluding hydrogens is 178 g/mol. The van der Waals surface area contributed by atoms with Crippen molar-refractivity contribution in [3.8, 4) is 0 Å². The maximum atomic E-state index is 5.91. The van der Waals surface area contributed by atoms with Crippen molar-refractivity contribution in [3.63, 3.8) is 0 Å². The van der Waals surface area contributed by atoms with Crippen molar-refractivity contribution in [2.75, 3.05) is 13.7 Å². The van der Waals surface area contributed by atoms with Crippen LogP contribution in [-0.2, 0) is 9.47 Å². The first kappa shape index (κ1) is 12.0. The molecule has 2 atom stereocenters. The second kappa shape index (κ2) is 5.10. The second-order valence-electron chi connectivity index (χ2n) is 4.72. The highest BCUT2D eigenvalue weighted by atomic mass is 16.5. The smallest absolute Gasteiger partial charge is 0.0725 e. The third kappa shape index (κ3) is 3.56. The van der Waals surface area contributed by atoms with Crippen LogP contribution in [0.2, 0.25) is 0 Å². The molecule has 1 fully saturated rings. The normalized spacial score (nSPS) is 28.3. The van der Waals surface area contributed by atoms with E-state index in [0.29, 0.717) is 0 Å². The molecule has 0 bridgehead atoms. The van der Waals surface area contributed by atoms with Gasteiger partial charge in [-0.15, -0.1) is 0 Å². The van der Waals surface area contributed by atoms with Gasteiger partial charge in [0.25, 0.3) is 0 Å². The van der Waals surface area contributed by atoms with Crippen LogP contribution in [0.1, 0.15) is 39.5 Å². The molecule has 0 amide bonds.